The van der Waals surface area contributed by atoms with Crippen LogP contribution in [0.3, 0.4) is 0 Å². The van der Waals surface area contributed by atoms with Crippen LogP contribution in [0.25, 0.3) is 0 Å². The van der Waals surface area contributed by atoms with Crippen LogP contribution in [0.15, 0.2) is 0 Å². The molecule has 3 aliphatic rings. The van der Waals surface area contributed by atoms with Crippen molar-refractivity contribution in [2.45, 2.75) is 37.8 Å². The standard InChI is InChI=1S/C14H21N3O4/c18-12(16-5-7-21-8-6-16)3-4-15-11-9-13(19)17(14(11)20)10-1-2-10/h10-11,15H,1-9H2. The molecule has 0 bridgehead atoms. The molecule has 1 aliphatic carbocycles. The number of rotatable bonds is 5. The number of hydrogen-bond acceptors (Lipinski definition) is 5. The summed E-state index contributed by atoms with van der Waals surface area (Å²) in [4.78, 5) is 39.1. The molecule has 0 radical (unpaired) electrons. The molecule has 1 saturated carbocycles. The highest BCUT2D eigenvalue weighted by molar-refractivity contribution is 6.06. The van der Waals surface area contributed by atoms with E-state index >= 15 is 0 Å². The summed E-state index contributed by atoms with van der Waals surface area (Å²) in [5.41, 5.74) is 0. The van der Waals surface area contributed by atoms with Gasteiger partial charge in [-0.3, -0.25) is 19.3 Å². The number of carbonyl (C=O) groups is 3. The van der Waals surface area contributed by atoms with Crippen LogP contribution in [-0.4, -0.2) is 72.5 Å². The average molecular weight is 295 g/mol. The molecule has 1 unspecified atom stereocenters. The van der Waals surface area contributed by atoms with Gasteiger partial charge in [0.15, 0.2) is 0 Å². The molecular formula is C14H21N3O4. The Morgan fingerprint density at radius 2 is 1.95 bits per heavy atom. The van der Waals surface area contributed by atoms with E-state index in [2.05, 4.69) is 5.32 Å². The molecule has 0 aromatic carbocycles. The molecule has 116 valence electrons. The second kappa shape index (κ2) is 6.11. The first kappa shape index (κ1) is 14.5. The van der Waals surface area contributed by atoms with Crippen LogP contribution in [0.1, 0.15) is 25.7 Å². The van der Waals surface area contributed by atoms with E-state index in [4.69, 9.17) is 4.74 Å². The van der Waals surface area contributed by atoms with Gasteiger partial charge in [0.25, 0.3) is 0 Å². The van der Waals surface area contributed by atoms with Crippen molar-refractivity contribution in [1.82, 2.24) is 15.1 Å². The van der Waals surface area contributed by atoms with Crippen LogP contribution in [0, 0.1) is 0 Å². The van der Waals surface area contributed by atoms with E-state index in [1.54, 1.807) is 4.90 Å². The molecule has 0 aromatic rings. The SMILES string of the molecule is O=C(CCNC1CC(=O)N(C2CC2)C1=O)N1CCOCC1. The van der Waals surface area contributed by atoms with Gasteiger partial charge in [0.2, 0.25) is 17.7 Å². The van der Waals surface area contributed by atoms with E-state index < -0.39 is 6.04 Å². The number of nitrogens with zero attached hydrogens (tertiary/aromatic N) is 2. The number of imide groups is 1. The Morgan fingerprint density at radius 3 is 2.62 bits per heavy atom. The fourth-order valence-electron chi connectivity index (χ4n) is 2.85. The lowest BCUT2D eigenvalue weighted by molar-refractivity contribution is -0.140. The molecule has 3 amide bonds. The smallest absolute Gasteiger partial charge is 0.247 e. The monoisotopic (exact) mass is 295 g/mol. The normalized spacial score (nSPS) is 26.6. The first-order valence-corrected chi connectivity index (χ1v) is 7.61. The van der Waals surface area contributed by atoms with E-state index in [9.17, 15) is 14.4 Å². The van der Waals surface area contributed by atoms with Crippen molar-refractivity contribution in [3.8, 4) is 0 Å². The maximum absolute atomic E-state index is 12.1. The zero-order valence-corrected chi connectivity index (χ0v) is 12.0. The maximum Gasteiger partial charge on any atom is 0.247 e. The molecule has 2 heterocycles. The Bertz CT molecular complexity index is 444. The first-order chi connectivity index (χ1) is 10.2. The van der Waals surface area contributed by atoms with Crippen molar-refractivity contribution in [3.05, 3.63) is 0 Å². The third-order valence-electron chi connectivity index (χ3n) is 4.19. The fourth-order valence-corrected chi connectivity index (χ4v) is 2.85. The van der Waals surface area contributed by atoms with E-state index in [0.29, 0.717) is 39.3 Å². The summed E-state index contributed by atoms with van der Waals surface area (Å²) >= 11 is 0. The largest absolute Gasteiger partial charge is 0.378 e. The number of likely N-dealkylation sites (tertiary alicyclic amines) is 1. The van der Waals surface area contributed by atoms with Gasteiger partial charge in [-0.15, -0.1) is 0 Å². The molecule has 2 saturated heterocycles. The predicted octanol–water partition coefficient (Wildman–Crippen LogP) is -0.885. The number of nitrogens with one attached hydrogen (secondary N) is 1. The predicted molar refractivity (Wildman–Crippen MR) is 73.3 cm³/mol. The summed E-state index contributed by atoms with van der Waals surface area (Å²) < 4.78 is 5.20. The molecule has 1 N–H and O–H groups in total. The zero-order chi connectivity index (χ0) is 14.8. The van der Waals surface area contributed by atoms with Crippen LogP contribution in [0.4, 0.5) is 0 Å². The van der Waals surface area contributed by atoms with Gasteiger partial charge in [0.05, 0.1) is 25.7 Å². The number of ether oxygens (including phenoxy) is 1. The molecular weight excluding hydrogens is 274 g/mol. The minimum absolute atomic E-state index is 0.0709. The zero-order valence-electron chi connectivity index (χ0n) is 12.0. The number of carbonyl (C=O) groups excluding carboxylic acids is 3. The summed E-state index contributed by atoms with van der Waals surface area (Å²) in [6, 6.07) is -0.317. The van der Waals surface area contributed by atoms with Gasteiger partial charge in [-0.25, -0.2) is 0 Å². The highest BCUT2D eigenvalue weighted by Crippen LogP contribution is 2.31. The molecule has 1 atom stereocenters. The lowest BCUT2D eigenvalue weighted by atomic mass is 10.2. The average Bonchev–Trinajstić information content (AvgIpc) is 3.27. The van der Waals surface area contributed by atoms with Crippen molar-refractivity contribution in [2.75, 3.05) is 32.8 Å². The van der Waals surface area contributed by atoms with Crippen molar-refractivity contribution in [1.29, 1.82) is 0 Å². The topological polar surface area (TPSA) is 79.0 Å². The van der Waals surface area contributed by atoms with Crippen LogP contribution in [0.5, 0.6) is 0 Å². The van der Waals surface area contributed by atoms with Crippen LogP contribution >= 0.6 is 0 Å². The van der Waals surface area contributed by atoms with E-state index in [0.717, 1.165) is 12.8 Å². The Balaban J connectivity index is 1.42. The summed E-state index contributed by atoms with van der Waals surface area (Å²) in [6.07, 6.45) is 2.43. The Labute approximate surface area is 123 Å². The van der Waals surface area contributed by atoms with E-state index in [1.807, 2.05) is 0 Å². The Hall–Kier alpha value is -1.47. The molecule has 3 rings (SSSR count). The number of hydrogen-bond donors (Lipinski definition) is 1. The molecule has 0 spiro atoms. The minimum Gasteiger partial charge on any atom is -0.378 e. The quantitative estimate of drug-likeness (QED) is 0.666. The van der Waals surface area contributed by atoms with Crippen LogP contribution < -0.4 is 5.32 Å². The third kappa shape index (κ3) is 3.24. The number of morpholine rings is 1. The van der Waals surface area contributed by atoms with E-state index in [1.165, 1.54) is 4.90 Å². The van der Waals surface area contributed by atoms with Crippen molar-refractivity contribution in [3.63, 3.8) is 0 Å². The van der Waals surface area contributed by atoms with Gasteiger partial charge in [0.1, 0.15) is 0 Å². The molecule has 7 nitrogen and oxygen atoms in total. The minimum atomic E-state index is -0.449. The van der Waals surface area contributed by atoms with Gasteiger partial charge in [-0.05, 0) is 12.8 Å². The Kier molecular flexibility index (Phi) is 4.21. The molecule has 3 fully saturated rings. The van der Waals surface area contributed by atoms with Crippen molar-refractivity contribution in [2.24, 2.45) is 0 Å². The second-order valence-electron chi connectivity index (χ2n) is 5.79. The van der Waals surface area contributed by atoms with E-state index in [-0.39, 0.29) is 30.2 Å². The van der Waals surface area contributed by atoms with Crippen molar-refractivity contribution >= 4 is 17.7 Å². The van der Waals surface area contributed by atoms with Gasteiger partial charge in [-0.1, -0.05) is 0 Å². The summed E-state index contributed by atoms with van der Waals surface area (Å²) in [6.45, 7) is 2.87. The molecule has 21 heavy (non-hydrogen) atoms. The van der Waals surface area contributed by atoms with Crippen molar-refractivity contribution < 1.29 is 19.1 Å². The lowest BCUT2D eigenvalue weighted by Gasteiger charge is -2.27. The summed E-state index contributed by atoms with van der Waals surface area (Å²) in [7, 11) is 0. The first-order valence-electron chi connectivity index (χ1n) is 7.61. The van der Waals surface area contributed by atoms with Crippen LogP contribution in [0.2, 0.25) is 0 Å². The summed E-state index contributed by atoms with van der Waals surface area (Å²) in [5.74, 6) is -0.137. The third-order valence-corrected chi connectivity index (χ3v) is 4.19. The van der Waals surface area contributed by atoms with Crippen LogP contribution in [-0.2, 0) is 19.1 Å². The lowest BCUT2D eigenvalue weighted by Crippen LogP contribution is -2.43. The Morgan fingerprint density at radius 1 is 1.24 bits per heavy atom. The fraction of sp³-hybridized carbons (Fsp3) is 0.786. The highest BCUT2D eigenvalue weighted by atomic mass is 16.5. The second-order valence-corrected chi connectivity index (χ2v) is 5.79. The van der Waals surface area contributed by atoms with Gasteiger partial charge < -0.3 is 15.0 Å². The van der Waals surface area contributed by atoms with Gasteiger partial charge in [0, 0.05) is 32.1 Å². The molecule has 2 aliphatic heterocycles. The molecule has 7 heteroatoms. The number of amides is 3. The highest BCUT2D eigenvalue weighted by Gasteiger charge is 2.45. The van der Waals surface area contributed by atoms with Gasteiger partial charge in [-0.2, -0.15) is 0 Å². The maximum atomic E-state index is 12.1. The summed E-state index contributed by atoms with van der Waals surface area (Å²) in [5, 5.41) is 3.05. The molecule has 0 aromatic heterocycles. The van der Waals surface area contributed by atoms with Gasteiger partial charge >= 0.3 is 0 Å².